The van der Waals surface area contributed by atoms with Crippen LogP contribution in [0.4, 0.5) is 0 Å². The fourth-order valence-corrected chi connectivity index (χ4v) is 3.83. The van der Waals surface area contributed by atoms with Crippen LogP contribution in [0.2, 0.25) is 5.02 Å². The Kier molecular flexibility index (Phi) is 6.48. The first-order valence-electron chi connectivity index (χ1n) is 10.2. The number of benzene rings is 1. The number of amides is 1. The number of halogens is 1. The molecular formula is C22H24ClN5O3. The molecule has 0 unspecified atom stereocenters. The fraction of sp³-hybridized carbons (Fsp3) is 0.364. The number of nitrogens with one attached hydrogen (secondary N) is 2. The number of rotatable bonds is 6. The number of ether oxygens (including phenoxy) is 1. The van der Waals surface area contributed by atoms with Crippen LogP contribution in [0, 0.1) is 5.92 Å². The highest BCUT2D eigenvalue weighted by Crippen LogP contribution is 2.23. The number of pyridine rings is 1. The van der Waals surface area contributed by atoms with E-state index in [0.717, 1.165) is 25.9 Å². The van der Waals surface area contributed by atoms with Crippen molar-refractivity contribution in [3.05, 3.63) is 63.4 Å². The molecule has 31 heavy (non-hydrogen) atoms. The summed E-state index contributed by atoms with van der Waals surface area (Å²) < 4.78 is 5.75. The zero-order valence-electron chi connectivity index (χ0n) is 17.2. The predicted octanol–water partition coefficient (Wildman–Crippen LogP) is 2.62. The van der Waals surface area contributed by atoms with E-state index in [4.69, 9.17) is 16.3 Å². The number of aromatic nitrogens is 3. The summed E-state index contributed by atoms with van der Waals surface area (Å²) >= 11 is 6.25. The van der Waals surface area contributed by atoms with Gasteiger partial charge in [0, 0.05) is 12.7 Å². The first-order valence-corrected chi connectivity index (χ1v) is 10.6. The van der Waals surface area contributed by atoms with Gasteiger partial charge >= 0.3 is 0 Å². The van der Waals surface area contributed by atoms with E-state index in [0.29, 0.717) is 45.5 Å². The van der Waals surface area contributed by atoms with Gasteiger partial charge in [-0.1, -0.05) is 11.6 Å². The normalized spacial score (nSPS) is 15.2. The summed E-state index contributed by atoms with van der Waals surface area (Å²) in [5.41, 5.74) is 0.599. The van der Waals surface area contributed by atoms with Crippen molar-refractivity contribution >= 4 is 28.4 Å². The van der Waals surface area contributed by atoms with Gasteiger partial charge in [0.25, 0.3) is 11.5 Å². The molecule has 2 N–H and O–H groups in total. The molecule has 1 aliphatic heterocycles. The van der Waals surface area contributed by atoms with E-state index in [1.807, 2.05) is 0 Å². The maximum atomic E-state index is 12.7. The summed E-state index contributed by atoms with van der Waals surface area (Å²) in [6.07, 6.45) is 5.21. The first-order chi connectivity index (χ1) is 15.0. The number of fused-ring (bicyclic) bond motifs is 1. The van der Waals surface area contributed by atoms with Crippen molar-refractivity contribution in [3.8, 4) is 5.75 Å². The Bertz CT molecular complexity index is 1140. The smallest absolute Gasteiger partial charge is 0.258 e. The number of nitrogens with zero attached hydrogens (tertiary/aromatic N) is 3. The predicted molar refractivity (Wildman–Crippen MR) is 118 cm³/mol. The Morgan fingerprint density at radius 3 is 2.94 bits per heavy atom. The average Bonchev–Trinajstić information content (AvgIpc) is 2.78. The van der Waals surface area contributed by atoms with Crippen LogP contribution in [0.3, 0.4) is 0 Å². The Hall–Kier alpha value is -2.97. The molecule has 162 valence electrons. The van der Waals surface area contributed by atoms with E-state index < -0.39 is 0 Å². The van der Waals surface area contributed by atoms with Gasteiger partial charge in [-0.25, -0.2) is 4.98 Å². The second-order valence-corrected chi connectivity index (χ2v) is 8.20. The number of hydrogen-bond donors (Lipinski definition) is 2. The van der Waals surface area contributed by atoms with Gasteiger partial charge in [-0.3, -0.25) is 14.6 Å². The quantitative estimate of drug-likeness (QED) is 0.610. The average molecular weight is 442 g/mol. The molecule has 3 heterocycles. The number of aromatic amines is 1. The van der Waals surface area contributed by atoms with E-state index in [1.165, 1.54) is 6.20 Å². The summed E-state index contributed by atoms with van der Waals surface area (Å²) in [6, 6.07) is 6.52. The van der Waals surface area contributed by atoms with E-state index in [1.54, 1.807) is 30.5 Å². The van der Waals surface area contributed by atoms with Gasteiger partial charge in [-0.15, -0.1) is 0 Å². The van der Waals surface area contributed by atoms with Gasteiger partial charge < -0.3 is 19.9 Å². The molecule has 1 saturated heterocycles. The zero-order chi connectivity index (χ0) is 21.8. The molecule has 2 aromatic heterocycles. The van der Waals surface area contributed by atoms with Crippen molar-refractivity contribution in [2.24, 2.45) is 5.92 Å². The standard InChI is InChI=1S/C22H24ClN5O3/c1-28-8-5-14(6-9-28)11-25-21(29)17-10-15(2-3-18(17)23)31-13-20-26-19-12-24-7-4-16(19)22(30)27-20/h2-4,7,10,12,14H,5-6,8-9,11,13H2,1H3,(H,25,29)(H,26,27,30). The molecule has 0 saturated carbocycles. The molecule has 3 aromatic rings. The van der Waals surface area contributed by atoms with Crippen LogP contribution in [-0.2, 0) is 6.61 Å². The highest BCUT2D eigenvalue weighted by molar-refractivity contribution is 6.33. The number of hydrogen-bond acceptors (Lipinski definition) is 6. The SMILES string of the molecule is CN1CCC(CNC(=O)c2cc(OCc3nc4cnccc4c(=O)[nH]3)ccc2Cl)CC1. The van der Waals surface area contributed by atoms with Gasteiger partial charge in [0.2, 0.25) is 0 Å². The van der Waals surface area contributed by atoms with E-state index >= 15 is 0 Å². The lowest BCUT2D eigenvalue weighted by Gasteiger charge is -2.28. The third kappa shape index (κ3) is 5.21. The van der Waals surface area contributed by atoms with Gasteiger partial charge in [0.15, 0.2) is 0 Å². The van der Waals surface area contributed by atoms with Crippen molar-refractivity contribution < 1.29 is 9.53 Å². The Morgan fingerprint density at radius 1 is 1.32 bits per heavy atom. The number of carbonyl (C=O) groups is 1. The summed E-state index contributed by atoms with van der Waals surface area (Å²) in [4.78, 5) is 38.2. The number of likely N-dealkylation sites (tertiary alicyclic amines) is 1. The molecule has 0 aliphatic carbocycles. The Morgan fingerprint density at radius 2 is 2.13 bits per heavy atom. The van der Waals surface area contributed by atoms with Crippen molar-refractivity contribution in [2.45, 2.75) is 19.4 Å². The van der Waals surface area contributed by atoms with E-state index in [2.05, 4.69) is 32.2 Å². The molecule has 1 amide bonds. The number of H-pyrrole nitrogens is 1. The van der Waals surface area contributed by atoms with Crippen LogP contribution >= 0.6 is 11.6 Å². The van der Waals surface area contributed by atoms with Crippen molar-refractivity contribution in [1.82, 2.24) is 25.2 Å². The minimum atomic E-state index is -0.254. The lowest BCUT2D eigenvalue weighted by atomic mass is 9.97. The number of piperidine rings is 1. The van der Waals surface area contributed by atoms with Crippen LogP contribution in [0.15, 0.2) is 41.5 Å². The maximum Gasteiger partial charge on any atom is 0.258 e. The fourth-order valence-electron chi connectivity index (χ4n) is 3.63. The minimum Gasteiger partial charge on any atom is -0.486 e. The summed E-state index contributed by atoms with van der Waals surface area (Å²) in [6.45, 7) is 2.76. The topological polar surface area (TPSA) is 100 Å². The third-order valence-corrected chi connectivity index (χ3v) is 5.83. The monoisotopic (exact) mass is 441 g/mol. The molecular weight excluding hydrogens is 418 g/mol. The van der Waals surface area contributed by atoms with E-state index in [-0.39, 0.29) is 18.1 Å². The summed E-state index contributed by atoms with van der Waals surface area (Å²) in [5.74, 6) is 1.08. The molecule has 0 atom stereocenters. The van der Waals surface area contributed by atoms with E-state index in [9.17, 15) is 9.59 Å². The molecule has 0 spiro atoms. The highest BCUT2D eigenvalue weighted by atomic mass is 35.5. The molecule has 1 aliphatic rings. The van der Waals surface area contributed by atoms with Crippen molar-refractivity contribution in [2.75, 3.05) is 26.7 Å². The molecule has 0 radical (unpaired) electrons. The van der Waals surface area contributed by atoms with Crippen LogP contribution in [0.1, 0.15) is 29.0 Å². The first kappa shape index (κ1) is 21.3. The van der Waals surface area contributed by atoms with Gasteiger partial charge in [0.1, 0.15) is 18.2 Å². The maximum absolute atomic E-state index is 12.7. The third-order valence-electron chi connectivity index (χ3n) is 5.51. The van der Waals surface area contributed by atoms with Crippen molar-refractivity contribution in [3.63, 3.8) is 0 Å². The van der Waals surface area contributed by atoms with Crippen LogP contribution in [0.5, 0.6) is 5.75 Å². The molecule has 4 rings (SSSR count). The van der Waals surface area contributed by atoms with Crippen molar-refractivity contribution in [1.29, 1.82) is 0 Å². The number of carbonyl (C=O) groups excluding carboxylic acids is 1. The minimum absolute atomic E-state index is 0.0400. The van der Waals surface area contributed by atoms with Gasteiger partial charge in [0.05, 0.1) is 27.7 Å². The van der Waals surface area contributed by atoms with Crippen LogP contribution < -0.4 is 15.6 Å². The molecule has 0 bridgehead atoms. The second-order valence-electron chi connectivity index (χ2n) is 7.79. The molecule has 1 aromatic carbocycles. The van der Waals surface area contributed by atoms with Gasteiger partial charge in [-0.05, 0) is 63.2 Å². The second kappa shape index (κ2) is 9.45. The zero-order valence-corrected chi connectivity index (χ0v) is 18.0. The lowest BCUT2D eigenvalue weighted by molar-refractivity contribution is 0.0938. The van der Waals surface area contributed by atoms with Crippen LogP contribution in [-0.4, -0.2) is 52.4 Å². The largest absolute Gasteiger partial charge is 0.486 e. The lowest BCUT2D eigenvalue weighted by Crippen LogP contribution is -2.36. The Labute approximate surface area is 184 Å². The summed E-state index contributed by atoms with van der Waals surface area (Å²) in [5, 5.41) is 3.81. The summed E-state index contributed by atoms with van der Waals surface area (Å²) in [7, 11) is 2.11. The van der Waals surface area contributed by atoms with Gasteiger partial charge in [-0.2, -0.15) is 0 Å². The van der Waals surface area contributed by atoms with Crippen LogP contribution in [0.25, 0.3) is 10.9 Å². The molecule has 1 fully saturated rings. The molecule has 8 nitrogen and oxygen atoms in total. The Balaban J connectivity index is 1.40. The molecule has 9 heteroatoms. The highest BCUT2D eigenvalue weighted by Gasteiger charge is 2.19.